The summed E-state index contributed by atoms with van der Waals surface area (Å²) in [5.74, 6) is 0.0828. The zero-order valence-corrected chi connectivity index (χ0v) is 16.9. The molecule has 0 saturated heterocycles. The lowest BCUT2D eigenvalue weighted by molar-refractivity contribution is 0.368. The summed E-state index contributed by atoms with van der Waals surface area (Å²) in [6, 6.07) is 3.29. The third-order valence-corrected chi connectivity index (χ3v) is 5.65. The van der Waals surface area contributed by atoms with Gasteiger partial charge in [-0.05, 0) is 44.0 Å². The van der Waals surface area contributed by atoms with Gasteiger partial charge in [0, 0.05) is 11.6 Å². The highest BCUT2D eigenvalue weighted by Gasteiger charge is 2.23. The number of hydrogen-bond acceptors (Lipinski definition) is 7. The second-order valence-electron chi connectivity index (χ2n) is 4.67. The van der Waals surface area contributed by atoms with E-state index >= 15 is 0 Å². The van der Waals surface area contributed by atoms with E-state index in [9.17, 15) is 8.42 Å². The molecule has 9 nitrogen and oxygen atoms in total. The zero-order valence-electron chi connectivity index (χ0n) is 12.9. The Morgan fingerprint density at radius 3 is 2.32 bits per heavy atom. The third-order valence-electron chi connectivity index (χ3n) is 3.16. The Morgan fingerprint density at radius 2 is 1.72 bits per heavy atom. The largest absolute Gasteiger partial charge is 0.480 e. The predicted molar refractivity (Wildman–Crippen MR) is 97.4 cm³/mol. The van der Waals surface area contributed by atoms with Crippen LogP contribution in [0.25, 0.3) is 11.0 Å². The lowest BCUT2D eigenvalue weighted by atomic mass is 10.3. The van der Waals surface area contributed by atoms with Gasteiger partial charge < -0.3 is 14.5 Å². The molecule has 12 heteroatoms. The number of aromatic amines is 1. The van der Waals surface area contributed by atoms with E-state index < -0.39 is 10.0 Å². The van der Waals surface area contributed by atoms with E-state index in [-0.39, 0.29) is 22.6 Å². The molecule has 0 unspecified atom stereocenters. The van der Waals surface area contributed by atoms with Crippen molar-refractivity contribution >= 4 is 58.9 Å². The van der Waals surface area contributed by atoms with Crippen LogP contribution in [0.3, 0.4) is 0 Å². The molecule has 25 heavy (non-hydrogen) atoms. The maximum Gasteiger partial charge on any atom is 0.266 e. The minimum atomic E-state index is -3.96. The minimum absolute atomic E-state index is 0.0203. The van der Waals surface area contributed by atoms with E-state index in [1.54, 1.807) is 12.1 Å². The molecule has 3 aromatic heterocycles. The lowest BCUT2D eigenvalue weighted by Gasteiger charge is -2.10. The number of sulfonamides is 1. The minimum Gasteiger partial charge on any atom is -0.480 e. The molecule has 132 valence electrons. The summed E-state index contributed by atoms with van der Waals surface area (Å²) in [4.78, 5) is 15.0. The summed E-state index contributed by atoms with van der Waals surface area (Å²) in [6.07, 6.45) is 1.35. The topological polar surface area (TPSA) is 119 Å². The van der Waals surface area contributed by atoms with Crippen LogP contribution in [0, 0.1) is 0 Å². The highest BCUT2D eigenvalue weighted by Crippen LogP contribution is 2.33. The van der Waals surface area contributed by atoms with Gasteiger partial charge in [-0.2, -0.15) is 9.97 Å². The average molecular weight is 493 g/mol. The summed E-state index contributed by atoms with van der Waals surface area (Å²) in [5, 5.41) is 0.437. The van der Waals surface area contributed by atoms with Crippen LogP contribution in [0.15, 0.2) is 32.3 Å². The fourth-order valence-electron chi connectivity index (χ4n) is 2.08. The van der Waals surface area contributed by atoms with Crippen LogP contribution in [-0.2, 0) is 10.0 Å². The smallest absolute Gasteiger partial charge is 0.266 e. The van der Waals surface area contributed by atoms with Gasteiger partial charge in [0.2, 0.25) is 17.7 Å². The predicted octanol–water partition coefficient (Wildman–Crippen LogP) is 2.70. The first-order valence-corrected chi connectivity index (χ1v) is 9.74. The van der Waals surface area contributed by atoms with Gasteiger partial charge >= 0.3 is 0 Å². The summed E-state index contributed by atoms with van der Waals surface area (Å²) >= 11 is 6.46. The maximum atomic E-state index is 12.7. The lowest BCUT2D eigenvalue weighted by Crippen LogP contribution is -2.15. The quantitative estimate of drug-likeness (QED) is 0.525. The van der Waals surface area contributed by atoms with Crippen molar-refractivity contribution in [1.29, 1.82) is 0 Å². The van der Waals surface area contributed by atoms with Gasteiger partial charge in [0.25, 0.3) is 10.0 Å². The van der Waals surface area contributed by atoms with Gasteiger partial charge in [-0.15, -0.1) is 0 Å². The maximum absolute atomic E-state index is 12.7. The second kappa shape index (κ2) is 6.77. The van der Waals surface area contributed by atoms with Crippen molar-refractivity contribution in [3.63, 3.8) is 0 Å². The SMILES string of the molecule is COc1nc(NS(=O)(=O)c2c[nH]c3nc(Br)ccc23)nc(OC)c1Br. The van der Waals surface area contributed by atoms with Gasteiger partial charge in [0.15, 0.2) is 0 Å². The molecular formula is C13H11Br2N5O4S. The number of anilines is 1. The summed E-state index contributed by atoms with van der Waals surface area (Å²) in [7, 11) is -1.17. The van der Waals surface area contributed by atoms with Crippen molar-refractivity contribution in [1.82, 2.24) is 19.9 Å². The van der Waals surface area contributed by atoms with Crippen LogP contribution in [0.1, 0.15) is 0 Å². The third kappa shape index (κ3) is 3.41. The Morgan fingerprint density at radius 1 is 1.08 bits per heavy atom. The molecule has 0 radical (unpaired) electrons. The highest BCUT2D eigenvalue weighted by molar-refractivity contribution is 9.10. The first kappa shape index (κ1) is 17.9. The van der Waals surface area contributed by atoms with Crippen molar-refractivity contribution in [2.75, 3.05) is 18.9 Å². The second-order valence-corrected chi connectivity index (χ2v) is 7.92. The van der Waals surface area contributed by atoms with Crippen molar-refractivity contribution in [3.05, 3.63) is 27.4 Å². The van der Waals surface area contributed by atoms with Crippen molar-refractivity contribution in [2.45, 2.75) is 4.90 Å². The number of fused-ring (bicyclic) bond motifs is 1. The van der Waals surface area contributed by atoms with Gasteiger partial charge in [0.1, 0.15) is 19.6 Å². The number of ether oxygens (including phenoxy) is 2. The van der Waals surface area contributed by atoms with E-state index in [4.69, 9.17) is 9.47 Å². The van der Waals surface area contributed by atoms with E-state index in [1.807, 2.05) is 0 Å². The number of H-pyrrole nitrogens is 1. The van der Waals surface area contributed by atoms with Gasteiger partial charge in [-0.1, -0.05) is 0 Å². The summed E-state index contributed by atoms with van der Waals surface area (Å²) < 4.78 is 38.8. The van der Waals surface area contributed by atoms with Crippen molar-refractivity contribution in [2.24, 2.45) is 0 Å². The van der Waals surface area contributed by atoms with Gasteiger partial charge in [-0.3, -0.25) is 0 Å². The number of aromatic nitrogens is 4. The van der Waals surface area contributed by atoms with Crippen LogP contribution >= 0.6 is 31.9 Å². The number of nitrogens with zero attached hydrogens (tertiary/aromatic N) is 3. The van der Waals surface area contributed by atoms with E-state index in [1.165, 1.54) is 20.4 Å². The highest BCUT2D eigenvalue weighted by atomic mass is 79.9. The van der Waals surface area contributed by atoms with Crippen LogP contribution in [0.2, 0.25) is 0 Å². The molecule has 0 saturated carbocycles. The Kier molecular flexibility index (Phi) is 4.84. The molecule has 3 aromatic rings. The number of methoxy groups -OCH3 is 2. The van der Waals surface area contributed by atoms with Gasteiger partial charge in [-0.25, -0.2) is 18.1 Å². The normalized spacial score (nSPS) is 11.5. The number of hydrogen-bond donors (Lipinski definition) is 2. The molecule has 0 aliphatic rings. The van der Waals surface area contributed by atoms with Crippen LogP contribution in [0.5, 0.6) is 11.8 Å². The van der Waals surface area contributed by atoms with Crippen LogP contribution in [0.4, 0.5) is 5.95 Å². The number of nitrogens with one attached hydrogen (secondary N) is 2. The summed E-state index contributed by atoms with van der Waals surface area (Å²) in [6.45, 7) is 0. The van der Waals surface area contributed by atoms with Crippen LogP contribution in [-0.4, -0.2) is 42.6 Å². The fourth-order valence-corrected chi connectivity index (χ4v) is 4.00. The molecule has 2 N–H and O–H groups in total. The Bertz CT molecular complexity index is 1030. The molecule has 0 fully saturated rings. The molecule has 0 atom stereocenters. The molecule has 0 aliphatic heterocycles. The molecule has 3 heterocycles. The number of rotatable bonds is 5. The number of halogens is 2. The molecule has 0 amide bonds. The van der Waals surface area contributed by atoms with Crippen LogP contribution < -0.4 is 14.2 Å². The standard InChI is InChI=1S/C13H11Br2N5O4S/c1-23-11-9(15)12(24-2)19-13(18-11)20-25(21,22)7-5-16-10-6(7)3-4-8(14)17-10/h3-5H,1-2H3,(H,16,17)(H,18,19,20). The Balaban J connectivity index is 2.04. The molecule has 0 aromatic carbocycles. The van der Waals surface area contributed by atoms with E-state index in [2.05, 4.69) is 56.5 Å². The molecule has 0 spiro atoms. The Hall–Kier alpha value is -1.92. The Labute approximate surface area is 159 Å². The zero-order chi connectivity index (χ0) is 18.2. The van der Waals surface area contributed by atoms with E-state index in [0.29, 0.717) is 20.1 Å². The molecular weight excluding hydrogens is 482 g/mol. The van der Waals surface area contributed by atoms with Gasteiger partial charge in [0.05, 0.1) is 14.2 Å². The van der Waals surface area contributed by atoms with Crippen molar-refractivity contribution in [3.8, 4) is 11.8 Å². The average Bonchev–Trinajstić information content (AvgIpc) is 2.99. The molecule has 0 aliphatic carbocycles. The first-order chi connectivity index (χ1) is 11.9. The monoisotopic (exact) mass is 491 g/mol. The fraction of sp³-hybridized carbons (Fsp3) is 0.154. The van der Waals surface area contributed by atoms with Crippen molar-refractivity contribution < 1.29 is 17.9 Å². The molecule has 3 rings (SSSR count). The first-order valence-electron chi connectivity index (χ1n) is 6.67. The number of pyridine rings is 1. The van der Waals surface area contributed by atoms with E-state index in [0.717, 1.165) is 0 Å². The summed E-state index contributed by atoms with van der Waals surface area (Å²) in [5.41, 5.74) is 0.432. The molecule has 0 bridgehead atoms.